The number of carbonyl (C=O) groups is 2. The number of aryl methyl sites for hydroxylation is 2. The van der Waals surface area contributed by atoms with Gasteiger partial charge in [0.2, 0.25) is 0 Å². The van der Waals surface area contributed by atoms with E-state index in [1.165, 1.54) is 17.8 Å². The Morgan fingerprint density at radius 1 is 1.36 bits per heavy atom. The summed E-state index contributed by atoms with van der Waals surface area (Å²) in [5.41, 5.74) is 1.58. The van der Waals surface area contributed by atoms with Gasteiger partial charge in [-0.2, -0.15) is 11.8 Å². The highest BCUT2D eigenvalue weighted by molar-refractivity contribution is 7.98. The molecule has 0 saturated heterocycles. The fourth-order valence-electron chi connectivity index (χ4n) is 2.86. The van der Waals surface area contributed by atoms with Crippen molar-refractivity contribution in [2.45, 2.75) is 39.2 Å². The third-order valence-corrected chi connectivity index (χ3v) is 4.99. The lowest BCUT2D eigenvalue weighted by Gasteiger charge is -2.15. The highest BCUT2D eigenvalue weighted by atomic mass is 32.2. The minimum atomic E-state index is -1.09. The van der Waals surface area contributed by atoms with Crippen LogP contribution >= 0.6 is 11.8 Å². The quantitative estimate of drug-likeness (QED) is 0.583. The maximum absolute atomic E-state index is 12.0. The van der Waals surface area contributed by atoms with Crippen LogP contribution in [0.15, 0.2) is 27.4 Å². The maximum atomic E-state index is 12.0. The number of nitrogens with one attached hydrogen (secondary N) is 1. The highest BCUT2D eigenvalue weighted by Crippen LogP contribution is 2.29. The third kappa shape index (κ3) is 5.51. The Morgan fingerprint density at radius 2 is 2.11 bits per heavy atom. The van der Waals surface area contributed by atoms with E-state index in [1.807, 2.05) is 6.07 Å². The van der Waals surface area contributed by atoms with Gasteiger partial charge in [0.05, 0.1) is 0 Å². The first-order valence-corrected chi connectivity index (χ1v) is 10.5. The molecule has 0 fully saturated rings. The Bertz CT molecular complexity index is 907. The van der Waals surface area contributed by atoms with E-state index in [0.717, 1.165) is 30.2 Å². The lowest BCUT2D eigenvalue weighted by molar-refractivity contribution is -0.141. The van der Waals surface area contributed by atoms with Gasteiger partial charge >= 0.3 is 11.6 Å². The molecule has 7 nitrogen and oxygen atoms in total. The number of carboxylic acid groups (broad SMARTS) is 1. The third-order valence-electron chi connectivity index (χ3n) is 4.32. The number of carboxylic acids is 1. The molecule has 1 aromatic heterocycles. The summed E-state index contributed by atoms with van der Waals surface area (Å²) in [6.07, 6.45) is 4.54. The molecule has 0 spiro atoms. The van der Waals surface area contributed by atoms with Gasteiger partial charge in [0.25, 0.3) is 5.91 Å². The van der Waals surface area contributed by atoms with Crippen molar-refractivity contribution in [3.8, 4) is 5.75 Å². The van der Waals surface area contributed by atoms with E-state index in [1.54, 1.807) is 19.2 Å². The maximum Gasteiger partial charge on any atom is 0.336 e. The molecule has 0 aliphatic rings. The molecule has 152 valence electrons. The molecule has 0 unspecified atom stereocenters. The van der Waals surface area contributed by atoms with Gasteiger partial charge in [-0.25, -0.2) is 9.59 Å². The van der Waals surface area contributed by atoms with Gasteiger partial charge in [-0.3, -0.25) is 4.79 Å². The van der Waals surface area contributed by atoms with Crippen molar-refractivity contribution in [3.63, 3.8) is 0 Å². The Kier molecular flexibility index (Phi) is 7.92. The highest BCUT2D eigenvalue weighted by Gasteiger charge is 2.20. The fourth-order valence-corrected chi connectivity index (χ4v) is 3.42. The van der Waals surface area contributed by atoms with Crippen LogP contribution in [0.25, 0.3) is 11.0 Å². The summed E-state index contributed by atoms with van der Waals surface area (Å²) in [7, 11) is 0. The van der Waals surface area contributed by atoms with Crippen LogP contribution in [0.4, 0.5) is 0 Å². The second-order valence-electron chi connectivity index (χ2n) is 6.46. The van der Waals surface area contributed by atoms with Crippen LogP contribution in [0, 0.1) is 6.92 Å². The van der Waals surface area contributed by atoms with Crippen molar-refractivity contribution >= 4 is 34.6 Å². The molecule has 2 aromatic rings. The number of amides is 1. The molecular formula is C20H25NO6S. The van der Waals surface area contributed by atoms with Gasteiger partial charge in [-0.1, -0.05) is 13.3 Å². The zero-order chi connectivity index (χ0) is 20.7. The van der Waals surface area contributed by atoms with Crippen molar-refractivity contribution in [1.82, 2.24) is 5.32 Å². The smallest absolute Gasteiger partial charge is 0.336 e. The molecule has 8 heteroatoms. The number of benzene rings is 1. The SMILES string of the molecule is CCCCc1cc(=O)oc2c(C)c(OCC(=O)N[C@@H](CSC)C(=O)O)ccc12. The number of hydrogen-bond acceptors (Lipinski definition) is 6. The molecule has 28 heavy (non-hydrogen) atoms. The van der Waals surface area contributed by atoms with Gasteiger partial charge < -0.3 is 19.6 Å². The monoisotopic (exact) mass is 407 g/mol. The van der Waals surface area contributed by atoms with Crippen molar-refractivity contribution in [2.24, 2.45) is 0 Å². The normalized spacial score (nSPS) is 12.0. The molecule has 0 aliphatic carbocycles. The lowest BCUT2D eigenvalue weighted by Crippen LogP contribution is -2.44. The summed E-state index contributed by atoms with van der Waals surface area (Å²) in [6.45, 7) is 3.52. The van der Waals surface area contributed by atoms with E-state index in [-0.39, 0.29) is 12.4 Å². The topological polar surface area (TPSA) is 106 Å². The standard InChI is InChI=1S/C20H25NO6S/c1-4-5-6-13-9-18(23)27-19-12(2)16(8-7-14(13)19)26-10-17(22)21-15(11-28-3)20(24)25/h7-9,15H,4-6,10-11H2,1-3H3,(H,21,22)(H,24,25)/t15-/m0/s1. The van der Waals surface area contributed by atoms with E-state index in [0.29, 0.717) is 16.9 Å². The van der Waals surface area contributed by atoms with Crippen LogP contribution in [0.5, 0.6) is 5.75 Å². The Hall–Kier alpha value is -2.48. The molecule has 1 amide bonds. The Morgan fingerprint density at radius 3 is 2.75 bits per heavy atom. The zero-order valence-corrected chi connectivity index (χ0v) is 17.1. The summed E-state index contributed by atoms with van der Waals surface area (Å²) in [4.78, 5) is 35.1. The van der Waals surface area contributed by atoms with Crippen molar-refractivity contribution in [2.75, 3.05) is 18.6 Å². The number of hydrogen-bond donors (Lipinski definition) is 2. The number of ether oxygens (including phenoxy) is 1. The minimum absolute atomic E-state index is 0.266. The van der Waals surface area contributed by atoms with E-state index in [9.17, 15) is 14.4 Å². The average molecular weight is 407 g/mol. The summed E-state index contributed by atoms with van der Waals surface area (Å²) in [6, 6.07) is 4.10. The first-order chi connectivity index (χ1) is 13.4. The van der Waals surface area contributed by atoms with Crippen molar-refractivity contribution in [1.29, 1.82) is 0 Å². The number of thioether (sulfide) groups is 1. The molecule has 0 bridgehead atoms. The van der Waals surface area contributed by atoms with Gasteiger partial charge in [0.1, 0.15) is 17.4 Å². The first-order valence-electron chi connectivity index (χ1n) is 9.07. The number of carbonyl (C=O) groups excluding carboxylic acids is 1. The predicted octanol–water partition coefficient (Wildman–Crippen LogP) is 2.76. The molecule has 1 atom stereocenters. The lowest BCUT2D eigenvalue weighted by atomic mass is 10.0. The van der Waals surface area contributed by atoms with Crippen molar-refractivity contribution in [3.05, 3.63) is 39.7 Å². The zero-order valence-electron chi connectivity index (χ0n) is 16.2. The number of rotatable bonds is 10. The molecule has 2 rings (SSSR count). The van der Waals surface area contributed by atoms with Gasteiger partial charge in [0, 0.05) is 22.8 Å². The van der Waals surface area contributed by atoms with Crippen LogP contribution in [-0.4, -0.2) is 41.6 Å². The first kappa shape index (κ1) is 21.8. The molecule has 0 radical (unpaired) electrons. The van der Waals surface area contributed by atoms with E-state index >= 15 is 0 Å². The second-order valence-corrected chi connectivity index (χ2v) is 7.37. The summed E-state index contributed by atoms with van der Waals surface area (Å²) < 4.78 is 10.9. The average Bonchev–Trinajstić information content (AvgIpc) is 2.65. The predicted molar refractivity (Wildman–Crippen MR) is 109 cm³/mol. The van der Waals surface area contributed by atoms with Gasteiger partial charge in [0.15, 0.2) is 6.61 Å². The summed E-state index contributed by atoms with van der Waals surface area (Å²) in [5.74, 6) is -0.942. The van der Waals surface area contributed by atoms with Crippen LogP contribution in [0.2, 0.25) is 0 Å². The fraction of sp³-hybridized carbons (Fsp3) is 0.450. The van der Waals surface area contributed by atoms with Crippen LogP contribution in [0.1, 0.15) is 30.9 Å². The largest absolute Gasteiger partial charge is 0.483 e. The molecule has 2 N–H and O–H groups in total. The molecule has 1 heterocycles. The van der Waals surface area contributed by atoms with Crippen LogP contribution in [0.3, 0.4) is 0 Å². The number of fused-ring (bicyclic) bond motifs is 1. The molecule has 0 saturated carbocycles. The van der Waals surface area contributed by atoms with E-state index in [4.69, 9.17) is 14.3 Å². The van der Waals surface area contributed by atoms with Crippen molar-refractivity contribution < 1.29 is 23.8 Å². The number of unbranched alkanes of at least 4 members (excludes halogenated alkanes) is 1. The molecular weight excluding hydrogens is 382 g/mol. The van der Waals surface area contributed by atoms with Crippen LogP contribution < -0.4 is 15.7 Å². The number of aliphatic carboxylic acids is 1. The van der Waals surface area contributed by atoms with E-state index in [2.05, 4.69) is 12.2 Å². The Labute approximate surface area is 167 Å². The summed E-state index contributed by atoms with van der Waals surface area (Å²) >= 11 is 1.33. The summed E-state index contributed by atoms with van der Waals surface area (Å²) in [5, 5.41) is 12.4. The molecule has 1 aromatic carbocycles. The Balaban J connectivity index is 2.17. The van der Waals surface area contributed by atoms with E-state index < -0.39 is 23.5 Å². The van der Waals surface area contributed by atoms with Gasteiger partial charge in [-0.15, -0.1) is 0 Å². The second kappa shape index (κ2) is 10.2. The minimum Gasteiger partial charge on any atom is -0.483 e. The van der Waals surface area contributed by atoms with Gasteiger partial charge in [-0.05, 0) is 43.7 Å². The molecule has 0 aliphatic heterocycles. The van der Waals surface area contributed by atoms with Crippen LogP contribution in [-0.2, 0) is 16.0 Å².